The van der Waals surface area contributed by atoms with Gasteiger partial charge in [0.15, 0.2) is 5.82 Å². The summed E-state index contributed by atoms with van der Waals surface area (Å²) in [5, 5.41) is 6.49. The van der Waals surface area contributed by atoms with Crippen molar-refractivity contribution in [2.75, 3.05) is 5.32 Å². The van der Waals surface area contributed by atoms with Gasteiger partial charge in [0.2, 0.25) is 5.91 Å². The highest BCUT2D eigenvalue weighted by atomic mass is 16.1. The van der Waals surface area contributed by atoms with Crippen molar-refractivity contribution in [2.45, 2.75) is 44.7 Å². The number of amides is 1. The standard InChI is InChI=1S/C16H21N5O/c1-3-14(22)20-11-4-6-12(7-5-11)21-16-15-13(8-9-17-15)18-10(2)19-16/h3,8-9,11-12,17H,1,4-7H2,2H3,(H,20,22)(H,18,19,21). The molecule has 1 amide bonds. The number of nitrogens with one attached hydrogen (secondary N) is 3. The minimum atomic E-state index is -0.0871. The highest BCUT2D eigenvalue weighted by Gasteiger charge is 2.22. The molecule has 3 rings (SSSR count). The first-order chi connectivity index (χ1) is 10.7. The Bertz CT molecular complexity index is 685. The van der Waals surface area contributed by atoms with Crippen molar-refractivity contribution in [2.24, 2.45) is 0 Å². The van der Waals surface area contributed by atoms with Gasteiger partial charge in [-0.2, -0.15) is 0 Å². The summed E-state index contributed by atoms with van der Waals surface area (Å²) in [5.74, 6) is 1.54. The number of rotatable bonds is 4. The number of hydrogen-bond acceptors (Lipinski definition) is 4. The van der Waals surface area contributed by atoms with E-state index in [4.69, 9.17) is 0 Å². The van der Waals surface area contributed by atoms with Gasteiger partial charge < -0.3 is 15.6 Å². The summed E-state index contributed by atoms with van der Waals surface area (Å²) in [5.41, 5.74) is 1.88. The van der Waals surface area contributed by atoms with Crippen LogP contribution in [0.1, 0.15) is 31.5 Å². The second-order valence-electron chi connectivity index (χ2n) is 5.76. The van der Waals surface area contributed by atoms with Crippen molar-refractivity contribution in [1.82, 2.24) is 20.3 Å². The molecule has 0 atom stereocenters. The van der Waals surface area contributed by atoms with Crippen LogP contribution in [0.2, 0.25) is 0 Å². The molecule has 0 bridgehead atoms. The van der Waals surface area contributed by atoms with E-state index in [2.05, 4.69) is 32.2 Å². The molecule has 1 saturated carbocycles. The van der Waals surface area contributed by atoms with Crippen molar-refractivity contribution in [1.29, 1.82) is 0 Å². The van der Waals surface area contributed by atoms with E-state index in [1.165, 1.54) is 6.08 Å². The first-order valence-corrected chi connectivity index (χ1v) is 7.67. The van der Waals surface area contributed by atoms with E-state index in [-0.39, 0.29) is 11.9 Å². The normalized spacial score (nSPS) is 21.5. The topological polar surface area (TPSA) is 82.7 Å². The van der Waals surface area contributed by atoms with Gasteiger partial charge in [0.05, 0.1) is 5.52 Å². The lowest BCUT2D eigenvalue weighted by atomic mass is 9.91. The van der Waals surface area contributed by atoms with Crippen LogP contribution in [0.3, 0.4) is 0 Å². The van der Waals surface area contributed by atoms with Crippen LogP contribution in [0.5, 0.6) is 0 Å². The molecule has 0 radical (unpaired) electrons. The zero-order valence-corrected chi connectivity index (χ0v) is 12.7. The van der Waals surface area contributed by atoms with Crippen molar-refractivity contribution in [3.63, 3.8) is 0 Å². The van der Waals surface area contributed by atoms with Gasteiger partial charge in [0, 0.05) is 18.3 Å². The highest BCUT2D eigenvalue weighted by Crippen LogP contribution is 2.25. The second kappa shape index (κ2) is 6.17. The Morgan fingerprint density at radius 1 is 1.32 bits per heavy atom. The summed E-state index contributed by atoms with van der Waals surface area (Å²) < 4.78 is 0. The summed E-state index contributed by atoms with van der Waals surface area (Å²) in [6.07, 6.45) is 7.16. The van der Waals surface area contributed by atoms with E-state index >= 15 is 0 Å². The smallest absolute Gasteiger partial charge is 0.243 e. The van der Waals surface area contributed by atoms with E-state index < -0.39 is 0 Å². The Labute approximate surface area is 129 Å². The summed E-state index contributed by atoms with van der Waals surface area (Å²) >= 11 is 0. The maximum atomic E-state index is 11.3. The maximum absolute atomic E-state index is 11.3. The summed E-state index contributed by atoms with van der Waals surface area (Å²) in [4.78, 5) is 23.4. The molecule has 0 unspecified atom stereocenters. The van der Waals surface area contributed by atoms with E-state index in [0.29, 0.717) is 6.04 Å². The molecule has 2 aromatic heterocycles. The zero-order chi connectivity index (χ0) is 15.5. The van der Waals surface area contributed by atoms with Crippen LogP contribution in [0, 0.1) is 6.92 Å². The Balaban J connectivity index is 1.63. The highest BCUT2D eigenvalue weighted by molar-refractivity contribution is 5.87. The number of carbonyl (C=O) groups excluding carboxylic acids is 1. The van der Waals surface area contributed by atoms with Gasteiger partial charge in [-0.1, -0.05) is 6.58 Å². The average molecular weight is 299 g/mol. The molecule has 0 aromatic carbocycles. The number of anilines is 1. The van der Waals surface area contributed by atoms with Crippen LogP contribution in [0.25, 0.3) is 11.0 Å². The van der Waals surface area contributed by atoms with Crippen LogP contribution in [0.4, 0.5) is 5.82 Å². The Morgan fingerprint density at radius 2 is 2.05 bits per heavy atom. The van der Waals surface area contributed by atoms with E-state index in [9.17, 15) is 4.79 Å². The lowest BCUT2D eigenvalue weighted by Crippen LogP contribution is -2.39. The first kappa shape index (κ1) is 14.6. The van der Waals surface area contributed by atoms with Gasteiger partial charge >= 0.3 is 0 Å². The molecule has 3 N–H and O–H groups in total. The van der Waals surface area contributed by atoms with Gasteiger partial charge in [-0.3, -0.25) is 4.79 Å². The number of aromatic amines is 1. The number of aromatic nitrogens is 3. The fourth-order valence-corrected chi connectivity index (χ4v) is 3.00. The predicted octanol–water partition coefficient (Wildman–Crippen LogP) is 2.29. The third-order valence-corrected chi connectivity index (χ3v) is 4.12. The lowest BCUT2D eigenvalue weighted by molar-refractivity contribution is -0.117. The number of nitrogens with zero attached hydrogens (tertiary/aromatic N) is 2. The SMILES string of the molecule is C=CC(=O)NC1CCC(Nc2nc(C)nc3cc[nH]c23)CC1. The van der Waals surface area contributed by atoms with E-state index in [1.54, 1.807) is 0 Å². The molecular formula is C16H21N5O. The number of carbonyl (C=O) groups is 1. The second-order valence-corrected chi connectivity index (χ2v) is 5.76. The molecule has 0 spiro atoms. The molecule has 116 valence electrons. The fourth-order valence-electron chi connectivity index (χ4n) is 3.00. The Hall–Kier alpha value is -2.37. The van der Waals surface area contributed by atoms with Gasteiger partial charge in [-0.05, 0) is 44.7 Å². The molecule has 2 heterocycles. The van der Waals surface area contributed by atoms with Gasteiger partial charge in [-0.15, -0.1) is 0 Å². The minimum Gasteiger partial charge on any atom is -0.365 e. The monoisotopic (exact) mass is 299 g/mol. The van der Waals surface area contributed by atoms with Gasteiger partial charge in [-0.25, -0.2) is 9.97 Å². The van der Waals surface area contributed by atoms with Crippen molar-refractivity contribution in [3.05, 3.63) is 30.7 Å². The molecule has 6 heteroatoms. The molecule has 1 aliphatic carbocycles. The molecule has 0 aliphatic heterocycles. The van der Waals surface area contributed by atoms with Crippen LogP contribution < -0.4 is 10.6 Å². The minimum absolute atomic E-state index is 0.0871. The van der Waals surface area contributed by atoms with E-state index in [0.717, 1.165) is 48.4 Å². The predicted molar refractivity (Wildman–Crippen MR) is 86.6 cm³/mol. The van der Waals surface area contributed by atoms with Crippen molar-refractivity contribution in [3.8, 4) is 0 Å². The molecule has 1 fully saturated rings. The van der Waals surface area contributed by atoms with Crippen LogP contribution >= 0.6 is 0 Å². The summed E-state index contributed by atoms with van der Waals surface area (Å²) in [7, 11) is 0. The first-order valence-electron chi connectivity index (χ1n) is 7.67. The molecule has 2 aromatic rings. The van der Waals surface area contributed by atoms with Crippen LogP contribution in [-0.4, -0.2) is 32.9 Å². The van der Waals surface area contributed by atoms with Gasteiger partial charge in [0.25, 0.3) is 0 Å². The van der Waals surface area contributed by atoms with Crippen LogP contribution in [-0.2, 0) is 4.79 Å². The Morgan fingerprint density at radius 3 is 2.77 bits per heavy atom. The lowest BCUT2D eigenvalue weighted by Gasteiger charge is -2.29. The quantitative estimate of drug-likeness (QED) is 0.756. The molecule has 6 nitrogen and oxygen atoms in total. The summed E-state index contributed by atoms with van der Waals surface area (Å²) in [6, 6.07) is 2.58. The number of hydrogen-bond donors (Lipinski definition) is 3. The van der Waals surface area contributed by atoms with Crippen LogP contribution in [0.15, 0.2) is 24.9 Å². The Kier molecular flexibility index (Phi) is 4.09. The maximum Gasteiger partial charge on any atom is 0.243 e. The molecule has 22 heavy (non-hydrogen) atoms. The van der Waals surface area contributed by atoms with Crippen molar-refractivity contribution < 1.29 is 4.79 Å². The molecule has 1 aliphatic rings. The van der Waals surface area contributed by atoms with Gasteiger partial charge in [0.1, 0.15) is 11.3 Å². The third kappa shape index (κ3) is 3.10. The fraction of sp³-hybridized carbons (Fsp3) is 0.438. The van der Waals surface area contributed by atoms with Crippen molar-refractivity contribution >= 4 is 22.8 Å². The number of aryl methyl sites for hydroxylation is 1. The molecular weight excluding hydrogens is 278 g/mol. The number of fused-ring (bicyclic) bond motifs is 1. The third-order valence-electron chi connectivity index (χ3n) is 4.12. The van der Waals surface area contributed by atoms with E-state index in [1.807, 2.05) is 19.2 Å². The average Bonchev–Trinajstić information content (AvgIpc) is 2.97. The number of H-pyrrole nitrogens is 1. The summed E-state index contributed by atoms with van der Waals surface area (Å²) in [6.45, 7) is 5.39. The molecule has 0 saturated heterocycles. The zero-order valence-electron chi connectivity index (χ0n) is 12.7. The largest absolute Gasteiger partial charge is 0.365 e.